The molecule has 0 aromatic heterocycles. The Hall–Kier alpha value is -2.00. The summed E-state index contributed by atoms with van der Waals surface area (Å²) in [5.74, 6) is 2.97. The second-order valence-corrected chi connectivity index (χ2v) is 6.43. The third kappa shape index (κ3) is 5.79. The van der Waals surface area contributed by atoms with Crippen molar-refractivity contribution in [3.05, 3.63) is 11.8 Å². The first-order valence-corrected chi connectivity index (χ1v) is 8.89. The first-order chi connectivity index (χ1) is 12.2. The van der Waals surface area contributed by atoms with Crippen LogP contribution in [0.2, 0.25) is 0 Å². The number of alkyl halides is 1. The van der Waals surface area contributed by atoms with Crippen LogP contribution in [0.15, 0.2) is 26.9 Å². The molecule has 0 N–H and O–H groups in total. The van der Waals surface area contributed by atoms with Crippen LogP contribution in [0, 0.1) is 12.3 Å². The van der Waals surface area contributed by atoms with E-state index in [4.69, 9.17) is 11.3 Å². The fraction of sp³-hybridized carbons (Fsp3) is 0.632. The number of oxime groups is 1. The summed E-state index contributed by atoms with van der Waals surface area (Å²) in [5, 5.41) is 4.01. The van der Waals surface area contributed by atoms with Crippen molar-refractivity contribution in [2.75, 3.05) is 26.9 Å². The SMILES string of the molecule is C#CCC(=N/C=C(\CC)CF)C1=NOCC(CC2CCCCN2C)=N1. The Labute approximate surface area is 149 Å². The van der Waals surface area contributed by atoms with Gasteiger partial charge >= 0.3 is 0 Å². The summed E-state index contributed by atoms with van der Waals surface area (Å²) in [4.78, 5) is 16.7. The molecule has 1 saturated heterocycles. The molecule has 0 spiro atoms. The number of hydrogen-bond donors (Lipinski definition) is 0. The molecule has 1 atom stereocenters. The van der Waals surface area contributed by atoms with Gasteiger partial charge in [-0.15, -0.1) is 12.3 Å². The maximum atomic E-state index is 12.8. The molecule has 0 amide bonds. The molecule has 5 nitrogen and oxygen atoms in total. The molecule has 1 unspecified atom stereocenters. The Balaban J connectivity index is 2.13. The zero-order valence-electron chi connectivity index (χ0n) is 15.2. The number of allylic oxidation sites excluding steroid dienone is 1. The van der Waals surface area contributed by atoms with Gasteiger partial charge in [0, 0.05) is 18.7 Å². The highest BCUT2D eigenvalue weighted by atomic mass is 19.1. The molecular weight excluding hydrogens is 319 g/mol. The van der Waals surface area contributed by atoms with Gasteiger partial charge in [-0.05, 0) is 38.4 Å². The van der Waals surface area contributed by atoms with E-state index in [2.05, 4.69) is 33.0 Å². The second kappa shape index (κ2) is 10.1. The van der Waals surface area contributed by atoms with Gasteiger partial charge in [-0.3, -0.25) is 4.99 Å². The monoisotopic (exact) mass is 346 g/mol. The number of rotatable bonds is 7. The zero-order valence-corrected chi connectivity index (χ0v) is 15.2. The smallest absolute Gasteiger partial charge is 0.214 e. The first-order valence-electron chi connectivity index (χ1n) is 8.89. The topological polar surface area (TPSA) is 49.6 Å². The lowest BCUT2D eigenvalue weighted by Crippen LogP contribution is -2.38. The van der Waals surface area contributed by atoms with Crippen molar-refractivity contribution in [1.29, 1.82) is 0 Å². The minimum Gasteiger partial charge on any atom is -0.388 e. The van der Waals surface area contributed by atoms with Crippen molar-refractivity contribution < 1.29 is 9.23 Å². The molecule has 0 aliphatic carbocycles. The highest BCUT2D eigenvalue weighted by Gasteiger charge is 2.23. The van der Waals surface area contributed by atoms with Crippen LogP contribution in [-0.4, -0.2) is 55.1 Å². The predicted molar refractivity (Wildman–Crippen MR) is 101 cm³/mol. The van der Waals surface area contributed by atoms with Crippen molar-refractivity contribution in [2.24, 2.45) is 15.1 Å². The van der Waals surface area contributed by atoms with Crippen LogP contribution in [0.3, 0.4) is 0 Å². The van der Waals surface area contributed by atoms with E-state index in [1.54, 1.807) is 0 Å². The highest BCUT2D eigenvalue weighted by Crippen LogP contribution is 2.19. The van der Waals surface area contributed by atoms with Crippen LogP contribution in [-0.2, 0) is 4.84 Å². The summed E-state index contributed by atoms with van der Waals surface area (Å²) in [6.45, 7) is 2.89. The Morgan fingerprint density at radius 1 is 1.52 bits per heavy atom. The number of hydrogen-bond acceptors (Lipinski definition) is 5. The second-order valence-electron chi connectivity index (χ2n) is 6.43. The Morgan fingerprint density at radius 2 is 2.36 bits per heavy atom. The highest BCUT2D eigenvalue weighted by molar-refractivity contribution is 6.44. The molecular formula is C19H27FN4O. The number of amidine groups is 1. The van der Waals surface area contributed by atoms with E-state index < -0.39 is 6.67 Å². The summed E-state index contributed by atoms with van der Waals surface area (Å²) in [5.41, 5.74) is 2.11. The summed E-state index contributed by atoms with van der Waals surface area (Å²) in [6, 6.07) is 0.488. The average molecular weight is 346 g/mol. The van der Waals surface area contributed by atoms with Crippen LogP contribution in [0.25, 0.3) is 0 Å². The summed E-state index contributed by atoms with van der Waals surface area (Å²) >= 11 is 0. The van der Waals surface area contributed by atoms with Gasteiger partial charge < -0.3 is 9.74 Å². The van der Waals surface area contributed by atoms with E-state index in [0.717, 1.165) is 18.7 Å². The number of likely N-dealkylation sites (tertiary alicyclic amines) is 1. The summed E-state index contributed by atoms with van der Waals surface area (Å²) in [6.07, 6.45) is 12.4. The molecule has 136 valence electrons. The molecule has 2 heterocycles. The average Bonchev–Trinajstić information content (AvgIpc) is 2.64. The number of terminal acetylenes is 1. The maximum absolute atomic E-state index is 12.8. The molecule has 2 aliphatic rings. The van der Waals surface area contributed by atoms with E-state index >= 15 is 0 Å². The molecule has 25 heavy (non-hydrogen) atoms. The van der Waals surface area contributed by atoms with E-state index in [9.17, 15) is 4.39 Å². The predicted octanol–water partition coefficient (Wildman–Crippen LogP) is 3.37. The number of halogens is 1. The van der Waals surface area contributed by atoms with Crippen LogP contribution in [0.1, 0.15) is 45.4 Å². The van der Waals surface area contributed by atoms with E-state index in [0.29, 0.717) is 36.2 Å². The van der Waals surface area contributed by atoms with Crippen molar-refractivity contribution in [2.45, 2.75) is 51.5 Å². The summed E-state index contributed by atoms with van der Waals surface area (Å²) < 4.78 is 12.8. The lowest BCUT2D eigenvalue weighted by atomic mass is 9.98. The molecule has 0 bridgehead atoms. The van der Waals surface area contributed by atoms with E-state index in [-0.39, 0.29) is 6.42 Å². The van der Waals surface area contributed by atoms with Crippen LogP contribution < -0.4 is 0 Å². The van der Waals surface area contributed by atoms with E-state index in [1.807, 2.05) is 6.92 Å². The van der Waals surface area contributed by atoms with Gasteiger partial charge in [-0.25, -0.2) is 9.38 Å². The van der Waals surface area contributed by atoms with Crippen molar-refractivity contribution in [1.82, 2.24) is 4.90 Å². The van der Waals surface area contributed by atoms with Gasteiger partial charge in [-0.1, -0.05) is 18.5 Å². The molecule has 2 rings (SSSR count). The molecule has 2 aliphatic heterocycles. The quantitative estimate of drug-likeness (QED) is 0.524. The lowest BCUT2D eigenvalue weighted by molar-refractivity contribution is 0.168. The fourth-order valence-electron chi connectivity index (χ4n) is 2.93. The lowest BCUT2D eigenvalue weighted by Gasteiger charge is -2.32. The van der Waals surface area contributed by atoms with Crippen molar-refractivity contribution in [3.8, 4) is 12.3 Å². The molecule has 0 radical (unpaired) electrons. The molecule has 0 saturated carbocycles. The van der Waals surface area contributed by atoms with Gasteiger partial charge in [0.05, 0.1) is 12.1 Å². The van der Waals surface area contributed by atoms with Crippen LogP contribution in [0.5, 0.6) is 0 Å². The minimum absolute atomic E-state index is 0.280. The summed E-state index contributed by atoms with van der Waals surface area (Å²) in [7, 11) is 2.16. The van der Waals surface area contributed by atoms with Gasteiger partial charge in [0.15, 0.2) is 6.61 Å². The van der Waals surface area contributed by atoms with Gasteiger partial charge in [0.2, 0.25) is 5.84 Å². The normalized spacial score (nSPS) is 22.7. The zero-order chi connectivity index (χ0) is 18.1. The van der Waals surface area contributed by atoms with Gasteiger partial charge in [0.1, 0.15) is 12.4 Å². The Morgan fingerprint density at radius 3 is 3.04 bits per heavy atom. The first kappa shape index (κ1) is 19.3. The van der Waals surface area contributed by atoms with Crippen molar-refractivity contribution >= 4 is 17.3 Å². The Kier molecular flexibility index (Phi) is 7.80. The maximum Gasteiger partial charge on any atom is 0.214 e. The largest absolute Gasteiger partial charge is 0.388 e. The standard InChI is InChI=1S/C19H27FN4O/c1-4-8-18(21-13-15(5-2)12-20)19-22-16(14-25-23-19)11-17-9-6-7-10-24(17)3/h1,13,17H,5-12,14H2,2-3H3/b15-13+,21-18?. The molecule has 1 fully saturated rings. The van der Waals surface area contributed by atoms with E-state index in [1.165, 1.54) is 25.5 Å². The number of nitrogens with zero attached hydrogens (tertiary/aromatic N) is 4. The van der Waals surface area contributed by atoms with Gasteiger partial charge in [-0.2, -0.15) is 0 Å². The molecule has 6 heteroatoms. The molecule has 0 aromatic rings. The molecule has 0 aromatic carbocycles. The third-order valence-corrected chi connectivity index (χ3v) is 4.60. The van der Waals surface area contributed by atoms with Crippen LogP contribution >= 0.6 is 0 Å². The number of aliphatic imine (C=N–C) groups is 2. The number of piperidine rings is 1. The van der Waals surface area contributed by atoms with Crippen LogP contribution in [0.4, 0.5) is 4.39 Å². The Bertz CT molecular complexity index is 609. The third-order valence-electron chi connectivity index (χ3n) is 4.60. The van der Waals surface area contributed by atoms with Crippen molar-refractivity contribution in [3.63, 3.8) is 0 Å². The fourth-order valence-corrected chi connectivity index (χ4v) is 2.93. The minimum atomic E-state index is -0.519. The van der Waals surface area contributed by atoms with Gasteiger partial charge in [0.25, 0.3) is 0 Å².